The van der Waals surface area contributed by atoms with Gasteiger partial charge in [-0.1, -0.05) is 12.8 Å². The van der Waals surface area contributed by atoms with Gasteiger partial charge in [-0.25, -0.2) is 8.78 Å². The van der Waals surface area contributed by atoms with Crippen molar-refractivity contribution >= 4 is 28.9 Å². The van der Waals surface area contributed by atoms with E-state index < -0.39 is 11.6 Å². The molecule has 1 aliphatic heterocycles. The van der Waals surface area contributed by atoms with E-state index in [-0.39, 0.29) is 17.5 Å². The van der Waals surface area contributed by atoms with Crippen LogP contribution in [0.3, 0.4) is 0 Å². The van der Waals surface area contributed by atoms with Crippen molar-refractivity contribution in [2.24, 2.45) is 4.99 Å². The lowest BCUT2D eigenvalue weighted by Gasteiger charge is -2.02. The summed E-state index contributed by atoms with van der Waals surface area (Å²) in [5.41, 5.74) is 0.191. The molecule has 1 aromatic carbocycles. The Balaban J connectivity index is 1.79. The van der Waals surface area contributed by atoms with Gasteiger partial charge >= 0.3 is 0 Å². The number of nitrogens with zero attached hydrogens (tertiary/aromatic N) is 1. The molecule has 1 saturated carbocycles. The lowest BCUT2D eigenvalue weighted by Crippen LogP contribution is -2.21. The van der Waals surface area contributed by atoms with Crippen molar-refractivity contribution in [2.45, 2.75) is 31.7 Å². The fourth-order valence-electron chi connectivity index (χ4n) is 2.45. The van der Waals surface area contributed by atoms with E-state index in [2.05, 4.69) is 10.3 Å². The molecule has 110 valence electrons. The minimum Gasteiger partial charge on any atom is -0.301 e. The summed E-state index contributed by atoms with van der Waals surface area (Å²) in [4.78, 5) is 16.7. The molecule has 0 spiro atoms. The maximum atomic E-state index is 13.6. The predicted molar refractivity (Wildman–Crippen MR) is 79.8 cm³/mol. The summed E-state index contributed by atoms with van der Waals surface area (Å²) in [6.45, 7) is 0. The van der Waals surface area contributed by atoms with Crippen molar-refractivity contribution in [1.29, 1.82) is 0 Å². The largest absolute Gasteiger partial charge is 0.301 e. The molecular weight excluding hydrogens is 294 g/mol. The summed E-state index contributed by atoms with van der Waals surface area (Å²) < 4.78 is 26.5. The molecule has 1 aliphatic carbocycles. The standard InChI is InChI=1S/C15H14F2N2OS/c16-10-6-5-9(12(17)8-10)7-13-14(20)19-15(21-13)18-11-3-1-2-4-11/h5-8,11H,1-4H2,(H,18,19,20)/b13-7+. The number of benzene rings is 1. The maximum Gasteiger partial charge on any atom is 0.264 e. The molecule has 0 bridgehead atoms. The van der Waals surface area contributed by atoms with Crippen molar-refractivity contribution in [3.63, 3.8) is 0 Å². The maximum absolute atomic E-state index is 13.6. The lowest BCUT2D eigenvalue weighted by atomic mass is 10.2. The zero-order chi connectivity index (χ0) is 14.8. The molecule has 2 aliphatic rings. The average molecular weight is 308 g/mol. The molecule has 1 amide bonds. The molecule has 0 unspecified atom stereocenters. The fraction of sp³-hybridized carbons (Fsp3) is 0.333. The topological polar surface area (TPSA) is 41.5 Å². The molecule has 3 rings (SSSR count). The number of hydrogen-bond acceptors (Lipinski definition) is 3. The Kier molecular flexibility index (Phi) is 4.05. The fourth-order valence-corrected chi connectivity index (χ4v) is 3.33. The van der Waals surface area contributed by atoms with Gasteiger partial charge in [-0.05, 0) is 42.8 Å². The van der Waals surface area contributed by atoms with E-state index >= 15 is 0 Å². The minimum atomic E-state index is -0.683. The third-order valence-corrected chi connectivity index (χ3v) is 4.45. The third kappa shape index (κ3) is 3.32. The summed E-state index contributed by atoms with van der Waals surface area (Å²) in [5, 5.41) is 3.26. The summed E-state index contributed by atoms with van der Waals surface area (Å²) >= 11 is 1.20. The zero-order valence-corrected chi connectivity index (χ0v) is 12.1. The van der Waals surface area contributed by atoms with Gasteiger partial charge in [0.25, 0.3) is 5.91 Å². The van der Waals surface area contributed by atoms with Crippen LogP contribution in [0.2, 0.25) is 0 Å². The Morgan fingerprint density at radius 3 is 2.76 bits per heavy atom. The Hall–Kier alpha value is -1.69. The van der Waals surface area contributed by atoms with Crippen LogP contribution < -0.4 is 5.32 Å². The van der Waals surface area contributed by atoms with Gasteiger partial charge in [-0.3, -0.25) is 9.79 Å². The highest BCUT2D eigenvalue weighted by Gasteiger charge is 2.25. The molecule has 1 heterocycles. The van der Waals surface area contributed by atoms with Gasteiger partial charge in [-0.2, -0.15) is 0 Å². The van der Waals surface area contributed by atoms with Crippen molar-refractivity contribution in [1.82, 2.24) is 5.32 Å². The second-order valence-corrected chi connectivity index (χ2v) is 6.13. The number of halogens is 2. The first-order valence-corrected chi connectivity index (χ1v) is 7.67. The molecule has 2 fully saturated rings. The monoisotopic (exact) mass is 308 g/mol. The zero-order valence-electron chi connectivity index (χ0n) is 11.2. The molecule has 3 nitrogen and oxygen atoms in total. The number of amides is 1. The van der Waals surface area contributed by atoms with E-state index in [9.17, 15) is 13.6 Å². The Labute approximate surface area is 125 Å². The first-order chi connectivity index (χ1) is 10.1. The average Bonchev–Trinajstić information content (AvgIpc) is 3.04. The molecular formula is C15H14F2N2OS. The van der Waals surface area contributed by atoms with E-state index in [1.165, 1.54) is 42.8 Å². The van der Waals surface area contributed by atoms with E-state index in [0.29, 0.717) is 10.1 Å². The van der Waals surface area contributed by atoms with Crippen LogP contribution in [0.15, 0.2) is 28.1 Å². The van der Waals surface area contributed by atoms with Crippen LogP contribution >= 0.6 is 11.8 Å². The smallest absolute Gasteiger partial charge is 0.264 e. The second kappa shape index (κ2) is 5.97. The van der Waals surface area contributed by atoms with Crippen LogP contribution in [0.5, 0.6) is 0 Å². The highest BCUT2D eigenvalue weighted by atomic mass is 32.2. The van der Waals surface area contributed by atoms with Gasteiger partial charge in [0.15, 0.2) is 5.17 Å². The lowest BCUT2D eigenvalue weighted by molar-refractivity contribution is -0.115. The van der Waals surface area contributed by atoms with Gasteiger partial charge in [0.2, 0.25) is 0 Å². The summed E-state index contributed by atoms with van der Waals surface area (Å²) in [7, 11) is 0. The van der Waals surface area contributed by atoms with Crippen molar-refractivity contribution in [3.8, 4) is 0 Å². The van der Waals surface area contributed by atoms with E-state index in [1.807, 2.05) is 0 Å². The number of amidine groups is 1. The minimum absolute atomic E-state index is 0.191. The van der Waals surface area contributed by atoms with Gasteiger partial charge in [0.05, 0.1) is 10.9 Å². The number of hydrogen-bond donors (Lipinski definition) is 1. The number of thioether (sulfide) groups is 1. The first-order valence-electron chi connectivity index (χ1n) is 6.85. The summed E-state index contributed by atoms with van der Waals surface area (Å²) in [6.07, 6.45) is 5.86. The molecule has 1 aromatic rings. The number of rotatable bonds is 2. The molecule has 0 atom stereocenters. The normalized spacial score (nSPS) is 23.2. The van der Waals surface area contributed by atoms with Crippen LogP contribution in [0.4, 0.5) is 8.78 Å². The van der Waals surface area contributed by atoms with Gasteiger partial charge < -0.3 is 5.32 Å². The SMILES string of the molecule is O=C1NC(=NC2CCCC2)S/C1=C/c1ccc(F)cc1F. The third-order valence-electron chi connectivity index (χ3n) is 3.52. The number of nitrogens with one attached hydrogen (secondary N) is 1. The quantitative estimate of drug-likeness (QED) is 0.850. The summed E-state index contributed by atoms with van der Waals surface area (Å²) in [6, 6.07) is 3.56. The Bertz CT molecular complexity index is 637. The van der Waals surface area contributed by atoms with E-state index in [4.69, 9.17) is 0 Å². The molecule has 21 heavy (non-hydrogen) atoms. The Morgan fingerprint density at radius 1 is 1.29 bits per heavy atom. The van der Waals surface area contributed by atoms with Crippen LogP contribution in [-0.4, -0.2) is 17.1 Å². The molecule has 0 aromatic heterocycles. The van der Waals surface area contributed by atoms with Crippen LogP contribution in [0.25, 0.3) is 6.08 Å². The van der Waals surface area contributed by atoms with E-state index in [1.54, 1.807) is 0 Å². The number of carbonyl (C=O) groups excluding carboxylic acids is 1. The highest BCUT2D eigenvalue weighted by Crippen LogP contribution is 2.29. The predicted octanol–water partition coefficient (Wildman–Crippen LogP) is 3.47. The van der Waals surface area contributed by atoms with Gasteiger partial charge in [0.1, 0.15) is 11.6 Å². The highest BCUT2D eigenvalue weighted by molar-refractivity contribution is 8.18. The van der Waals surface area contributed by atoms with Crippen molar-refractivity contribution in [2.75, 3.05) is 0 Å². The summed E-state index contributed by atoms with van der Waals surface area (Å²) in [5.74, 6) is -1.61. The van der Waals surface area contributed by atoms with Crippen molar-refractivity contribution < 1.29 is 13.6 Å². The molecule has 6 heteroatoms. The molecule has 0 radical (unpaired) electrons. The number of aliphatic imine (C=N–C) groups is 1. The van der Waals surface area contributed by atoms with Crippen LogP contribution in [-0.2, 0) is 4.79 Å². The van der Waals surface area contributed by atoms with Gasteiger partial charge in [0, 0.05) is 11.6 Å². The van der Waals surface area contributed by atoms with Gasteiger partial charge in [-0.15, -0.1) is 0 Å². The number of carbonyl (C=O) groups is 1. The molecule has 1 saturated heterocycles. The molecule has 1 N–H and O–H groups in total. The van der Waals surface area contributed by atoms with E-state index in [0.717, 1.165) is 18.9 Å². The second-order valence-electron chi connectivity index (χ2n) is 5.10. The van der Waals surface area contributed by atoms with Crippen LogP contribution in [0, 0.1) is 11.6 Å². The van der Waals surface area contributed by atoms with Crippen molar-refractivity contribution in [3.05, 3.63) is 40.3 Å². The first kappa shape index (κ1) is 14.3. The Morgan fingerprint density at radius 2 is 2.05 bits per heavy atom. The van der Waals surface area contributed by atoms with Crippen LogP contribution in [0.1, 0.15) is 31.2 Å².